The lowest BCUT2D eigenvalue weighted by atomic mass is 10.1. The van der Waals surface area contributed by atoms with Crippen LogP contribution in [0.1, 0.15) is 22.4 Å². The molecule has 0 spiro atoms. The van der Waals surface area contributed by atoms with Gasteiger partial charge in [-0.3, -0.25) is 19.5 Å². The molecule has 0 radical (unpaired) electrons. The number of nitrogens with one attached hydrogen (secondary N) is 1. The number of amides is 2. The van der Waals surface area contributed by atoms with Crippen LogP contribution in [0.25, 0.3) is 17.0 Å². The zero-order chi connectivity index (χ0) is 25.6. The number of para-hydroxylation sites is 1. The number of benzene rings is 2. The average Bonchev–Trinajstić information content (AvgIpc) is 3.29. The van der Waals surface area contributed by atoms with E-state index in [0.717, 1.165) is 16.0 Å². The van der Waals surface area contributed by atoms with E-state index in [4.69, 9.17) is 4.74 Å². The van der Waals surface area contributed by atoms with E-state index in [0.29, 0.717) is 22.8 Å². The Labute approximate surface area is 207 Å². The van der Waals surface area contributed by atoms with Crippen molar-refractivity contribution in [3.8, 4) is 11.4 Å². The number of nitrogens with zero attached hydrogens (tertiary/aromatic N) is 3. The van der Waals surface area contributed by atoms with Crippen LogP contribution < -0.4 is 19.8 Å². The number of methoxy groups -OCH3 is 1. The molecule has 1 N–H and O–H groups in total. The van der Waals surface area contributed by atoms with Crippen LogP contribution >= 0.6 is 0 Å². The third-order valence-corrected chi connectivity index (χ3v) is 6.12. The van der Waals surface area contributed by atoms with Gasteiger partial charge < -0.3 is 4.74 Å². The highest BCUT2D eigenvalue weighted by molar-refractivity contribution is 6.53. The van der Waals surface area contributed by atoms with E-state index in [2.05, 4.69) is 5.10 Å². The summed E-state index contributed by atoms with van der Waals surface area (Å²) >= 11 is 0. The summed E-state index contributed by atoms with van der Waals surface area (Å²) < 4.78 is 8.24. The van der Waals surface area contributed by atoms with Gasteiger partial charge in [-0.1, -0.05) is 18.2 Å². The molecule has 1 aliphatic rings. The van der Waals surface area contributed by atoms with Gasteiger partial charge in [0.05, 0.1) is 24.0 Å². The van der Waals surface area contributed by atoms with Gasteiger partial charge >= 0.3 is 5.91 Å². The standard InChI is InChI=1S/C28H24N4O4/c1-17-14-18(2)16-30(15-17)25-24(23-19(3)29-32(27(23)34)21-8-6-5-7-9-21)26(33)31(28(25)35)20-10-12-22(36-4)13-11-20/h5-16H,1-4H3/p+1. The molecule has 2 amide bonds. The maximum Gasteiger partial charge on any atom is 0.331 e. The summed E-state index contributed by atoms with van der Waals surface area (Å²) in [5.41, 5.74) is 3.26. The summed E-state index contributed by atoms with van der Waals surface area (Å²) in [6.45, 7) is 5.55. The first-order valence-corrected chi connectivity index (χ1v) is 11.4. The van der Waals surface area contributed by atoms with Crippen LogP contribution in [0.4, 0.5) is 5.69 Å². The van der Waals surface area contributed by atoms with Crippen LogP contribution in [0.2, 0.25) is 0 Å². The highest BCUT2D eigenvalue weighted by Crippen LogP contribution is 2.34. The van der Waals surface area contributed by atoms with E-state index in [-0.39, 0.29) is 16.8 Å². The molecule has 0 saturated heterocycles. The normalized spacial score (nSPS) is 13.6. The van der Waals surface area contributed by atoms with Gasteiger partial charge in [0.15, 0.2) is 12.4 Å². The van der Waals surface area contributed by atoms with Crippen molar-refractivity contribution in [2.75, 3.05) is 12.0 Å². The van der Waals surface area contributed by atoms with E-state index >= 15 is 0 Å². The summed E-state index contributed by atoms with van der Waals surface area (Å²) in [7, 11) is 1.54. The van der Waals surface area contributed by atoms with E-state index in [1.165, 1.54) is 4.68 Å². The number of pyridine rings is 1. The molecule has 0 saturated carbocycles. The van der Waals surface area contributed by atoms with Crippen molar-refractivity contribution in [1.82, 2.24) is 9.78 Å². The van der Waals surface area contributed by atoms with Gasteiger partial charge in [0.2, 0.25) is 0 Å². The Hall–Kier alpha value is -4.72. The molecule has 5 rings (SSSR count). The second-order valence-electron chi connectivity index (χ2n) is 8.75. The minimum atomic E-state index is -0.564. The van der Waals surface area contributed by atoms with Crippen LogP contribution in [0.5, 0.6) is 5.75 Å². The third kappa shape index (κ3) is 3.73. The molecule has 2 aromatic heterocycles. The molecule has 3 heterocycles. The Morgan fingerprint density at radius 2 is 1.44 bits per heavy atom. The lowest BCUT2D eigenvalue weighted by Gasteiger charge is -2.14. The summed E-state index contributed by atoms with van der Waals surface area (Å²) in [4.78, 5) is 42.5. The monoisotopic (exact) mass is 481 g/mol. The minimum absolute atomic E-state index is 0.0549. The van der Waals surface area contributed by atoms with Gasteiger partial charge in [-0.05, 0) is 63.2 Å². The Kier molecular flexibility index (Phi) is 5.64. The zero-order valence-electron chi connectivity index (χ0n) is 20.4. The Bertz CT molecular complexity index is 1570. The summed E-state index contributed by atoms with van der Waals surface area (Å²) in [6, 6.07) is 17.7. The van der Waals surface area contributed by atoms with Crippen molar-refractivity contribution in [2.45, 2.75) is 20.8 Å². The number of hydrogen-bond donors (Lipinski definition) is 1. The van der Waals surface area contributed by atoms with E-state index in [1.54, 1.807) is 67.4 Å². The third-order valence-electron chi connectivity index (χ3n) is 6.12. The van der Waals surface area contributed by atoms with Gasteiger partial charge in [-0.15, -0.1) is 0 Å². The molecular formula is C28H25N4O4+. The summed E-state index contributed by atoms with van der Waals surface area (Å²) in [6.07, 6.45) is 3.56. The van der Waals surface area contributed by atoms with Crippen LogP contribution in [-0.4, -0.2) is 28.7 Å². The number of H-pyrrole nitrogens is 1. The second kappa shape index (κ2) is 8.81. The maximum absolute atomic E-state index is 13.9. The fourth-order valence-electron chi connectivity index (χ4n) is 4.59. The molecule has 4 aromatic rings. The predicted molar refractivity (Wildman–Crippen MR) is 136 cm³/mol. The molecule has 8 nitrogen and oxygen atoms in total. The highest BCUT2D eigenvalue weighted by atomic mass is 16.5. The second-order valence-corrected chi connectivity index (χ2v) is 8.75. The Morgan fingerprint density at radius 1 is 0.806 bits per heavy atom. The van der Waals surface area contributed by atoms with Gasteiger partial charge in [0, 0.05) is 16.8 Å². The molecule has 0 bridgehead atoms. The molecule has 1 aliphatic heterocycles. The number of aromatic nitrogens is 3. The Morgan fingerprint density at radius 3 is 2.06 bits per heavy atom. The Balaban J connectivity index is 1.75. The maximum atomic E-state index is 13.9. The molecule has 36 heavy (non-hydrogen) atoms. The summed E-state index contributed by atoms with van der Waals surface area (Å²) in [5.74, 6) is -0.477. The van der Waals surface area contributed by atoms with Crippen LogP contribution in [0, 0.1) is 20.8 Å². The first-order valence-electron chi connectivity index (χ1n) is 11.4. The molecule has 2 aromatic carbocycles. The number of ether oxygens (including phenoxy) is 1. The molecule has 0 fully saturated rings. The van der Waals surface area contributed by atoms with E-state index in [1.807, 2.05) is 38.1 Å². The first kappa shape index (κ1) is 23.0. The molecule has 8 heteroatoms. The smallest absolute Gasteiger partial charge is 0.331 e. The number of aromatic amines is 1. The first-order chi connectivity index (χ1) is 17.3. The van der Waals surface area contributed by atoms with Crippen molar-refractivity contribution in [3.63, 3.8) is 0 Å². The fourth-order valence-corrected chi connectivity index (χ4v) is 4.59. The number of hydrogen-bond acceptors (Lipinski definition) is 4. The lowest BCUT2D eigenvalue weighted by molar-refractivity contribution is -0.577. The van der Waals surface area contributed by atoms with Crippen LogP contribution in [-0.2, 0) is 9.59 Å². The van der Waals surface area contributed by atoms with Crippen LogP contribution in [0.3, 0.4) is 0 Å². The SMILES string of the molecule is COc1ccc(N2C(=O)C(c3c(C)[nH]n(-c4ccccc4)c3=O)=C([n+]3cc(C)cc(C)c3)C2=O)cc1. The van der Waals surface area contributed by atoms with Gasteiger partial charge in [-0.2, -0.15) is 4.57 Å². The summed E-state index contributed by atoms with van der Waals surface area (Å²) in [5, 5.41) is 3.07. The van der Waals surface area contributed by atoms with Gasteiger partial charge in [0.1, 0.15) is 11.3 Å². The number of imide groups is 1. The molecule has 0 unspecified atom stereocenters. The van der Waals surface area contributed by atoms with E-state index < -0.39 is 17.4 Å². The molecule has 0 aliphatic carbocycles. The zero-order valence-corrected chi connectivity index (χ0v) is 20.4. The fraction of sp³-hybridized carbons (Fsp3) is 0.143. The van der Waals surface area contributed by atoms with Gasteiger partial charge in [-0.25, -0.2) is 9.58 Å². The van der Waals surface area contributed by atoms with Crippen molar-refractivity contribution in [3.05, 3.63) is 106 Å². The number of carbonyl (C=O) groups excluding carboxylic acids is 2. The lowest BCUT2D eigenvalue weighted by Crippen LogP contribution is -2.40. The molecular weight excluding hydrogens is 456 g/mol. The topological polar surface area (TPSA) is 88.3 Å². The molecule has 180 valence electrons. The number of anilines is 1. The van der Waals surface area contributed by atoms with Crippen molar-refractivity contribution < 1.29 is 18.9 Å². The number of carbonyl (C=O) groups is 2. The van der Waals surface area contributed by atoms with Gasteiger partial charge in [0.25, 0.3) is 17.2 Å². The van der Waals surface area contributed by atoms with Crippen LogP contribution in [0.15, 0.2) is 77.9 Å². The number of rotatable bonds is 5. The molecule has 0 atom stereocenters. The van der Waals surface area contributed by atoms with E-state index in [9.17, 15) is 14.4 Å². The highest BCUT2D eigenvalue weighted by Gasteiger charge is 2.48. The largest absolute Gasteiger partial charge is 0.497 e. The van der Waals surface area contributed by atoms with Crippen molar-refractivity contribution in [1.29, 1.82) is 0 Å². The average molecular weight is 482 g/mol. The minimum Gasteiger partial charge on any atom is -0.497 e. The van der Waals surface area contributed by atoms with Crippen molar-refractivity contribution >= 4 is 28.8 Å². The predicted octanol–water partition coefficient (Wildman–Crippen LogP) is 3.33. The quantitative estimate of drug-likeness (QED) is 0.350. The van der Waals surface area contributed by atoms with Crippen molar-refractivity contribution in [2.24, 2.45) is 0 Å². The number of aryl methyl sites for hydroxylation is 3.